The molecule has 2 aliphatic rings. The van der Waals surface area contributed by atoms with Gasteiger partial charge in [0.2, 0.25) is 5.91 Å². The zero-order valence-electron chi connectivity index (χ0n) is 16.3. The van der Waals surface area contributed by atoms with Gasteiger partial charge in [-0.1, -0.05) is 12.5 Å². The minimum absolute atomic E-state index is 0.0409. The van der Waals surface area contributed by atoms with E-state index in [0.717, 1.165) is 55.6 Å². The second kappa shape index (κ2) is 8.57. The minimum atomic E-state index is -0.114. The first-order valence-electron chi connectivity index (χ1n) is 10.1. The minimum Gasteiger partial charge on any atom is -0.381 e. The van der Waals surface area contributed by atoms with E-state index in [-0.39, 0.29) is 29.5 Å². The highest BCUT2D eigenvalue weighted by Gasteiger charge is 2.36. The predicted octanol–water partition coefficient (Wildman–Crippen LogP) is 3.17. The van der Waals surface area contributed by atoms with Crippen LogP contribution in [-0.2, 0) is 16.1 Å². The zero-order chi connectivity index (χ0) is 19.5. The molecule has 2 fully saturated rings. The first kappa shape index (κ1) is 19.3. The number of hydrogen-bond acceptors (Lipinski definition) is 5. The predicted molar refractivity (Wildman–Crippen MR) is 109 cm³/mol. The Bertz CT molecular complexity index is 864. The summed E-state index contributed by atoms with van der Waals surface area (Å²) in [5.74, 6) is 0.271. The second-order valence-electron chi connectivity index (χ2n) is 7.77. The molecule has 0 aromatic carbocycles. The molecule has 28 heavy (non-hydrogen) atoms. The summed E-state index contributed by atoms with van der Waals surface area (Å²) in [5.41, 5.74) is 0.692. The number of carbonyl (C=O) groups excluding carboxylic acids is 1. The van der Waals surface area contributed by atoms with Gasteiger partial charge >= 0.3 is 0 Å². The van der Waals surface area contributed by atoms with Crippen molar-refractivity contribution in [2.75, 3.05) is 13.7 Å². The topological polar surface area (TPSA) is 64.4 Å². The summed E-state index contributed by atoms with van der Waals surface area (Å²) in [6, 6.07) is 7.37. The van der Waals surface area contributed by atoms with Crippen molar-refractivity contribution < 1.29 is 9.53 Å². The summed E-state index contributed by atoms with van der Waals surface area (Å²) in [6.07, 6.45) is 5.92. The van der Waals surface area contributed by atoms with E-state index in [9.17, 15) is 9.59 Å². The number of ether oxygens (including phenoxy) is 1. The molecule has 3 atom stereocenters. The van der Waals surface area contributed by atoms with Crippen LogP contribution in [0.1, 0.15) is 38.5 Å². The molecule has 1 saturated carbocycles. The van der Waals surface area contributed by atoms with Crippen molar-refractivity contribution in [3.05, 3.63) is 40.0 Å². The van der Waals surface area contributed by atoms with Crippen molar-refractivity contribution >= 4 is 17.2 Å². The quantitative estimate of drug-likeness (QED) is 0.772. The third-order valence-electron chi connectivity index (χ3n) is 5.99. The molecule has 0 radical (unpaired) electrons. The summed E-state index contributed by atoms with van der Waals surface area (Å²) >= 11 is 1.61. The van der Waals surface area contributed by atoms with Crippen molar-refractivity contribution in [3.63, 3.8) is 0 Å². The van der Waals surface area contributed by atoms with Gasteiger partial charge in [0.1, 0.15) is 5.69 Å². The number of nitrogens with zero attached hydrogens (tertiary/aromatic N) is 3. The summed E-state index contributed by atoms with van der Waals surface area (Å²) in [5, 5.41) is 6.57. The Hall–Kier alpha value is -1.99. The van der Waals surface area contributed by atoms with Gasteiger partial charge in [0.05, 0.1) is 23.6 Å². The molecule has 3 heterocycles. The van der Waals surface area contributed by atoms with E-state index in [1.165, 1.54) is 4.68 Å². The molecule has 2 aromatic heterocycles. The summed E-state index contributed by atoms with van der Waals surface area (Å²) in [6.45, 7) is 1.24. The van der Waals surface area contributed by atoms with Gasteiger partial charge < -0.3 is 9.64 Å². The monoisotopic (exact) mass is 401 g/mol. The molecule has 1 aliphatic heterocycles. The molecule has 2 aromatic rings. The fraction of sp³-hybridized carbons (Fsp3) is 0.571. The first-order chi connectivity index (χ1) is 13.7. The lowest BCUT2D eigenvalue weighted by Gasteiger charge is -2.33. The third kappa shape index (κ3) is 4.05. The molecule has 1 saturated heterocycles. The number of methoxy groups -OCH3 is 1. The normalized spacial score (nSPS) is 25.2. The maximum absolute atomic E-state index is 13.2. The largest absolute Gasteiger partial charge is 0.381 e. The maximum atomic E-state index is 13.2. The molecule has 7 heteroatoms. The number of aromatic nitrogens is 2. The Morgan fingerprint density at radius 2 is 2.14 bits per heavy atom. The number of amides is 1. The number of likely N-dealkylation sites (tertiary alicyclic amines) is 1. The highest BCUT2D eigenvalue weighted by Crippen LogP contribution is 2.30. The van der Waals surface area contributed by atoms with Crippen molar-refractivity contribution in [1.82, 2.24) is 14.7 Å². The molecule has 1 aliphatic carbocycles. The van der Waals surface area contributed by atoms with Crippen molar-refractivity contribution in [2.45, 2.75) is 57.2 Å². The molecule has 0 unspecified atom stereocenters. The highest BCUT2D eigenvalue weighted by atomic mass is 32.1. The van der Waals surface area contributed by atoms with Gasteiger partial charge in [-0.05, 0) is 49.6 Å². The lowest BCUT2D eigenvalue weighted by atomic mass is 9.86. The van der Waals surface area contributed by atoms with Gasteiger partial charge in [0.25, 0.3) is 5.56 Å². The van der Waals surface area contributed by atoms with Crippen molar-refractivity contribution in [2.24, 2.45) is 5.92 Å². The molecule has 0 N–H and O–H groups in total. The number of carbonyl (C=O) groups is 1. The third-order valence-corrected chi connectivity index (χ3v) is 6.89. The second-order valence-corrected chi connectivity index (χ2v) is 8.71. The van der Waals surface area contributed by atoms with Crippen molar-refractivity contribution in [3.8, 4) is 10.6 Å². The van der Waals surface area contributed by atoms with E-state index >= 15 is 0 Å². The van der Waals surface area contributed by atoms with Gasteiger partial charge in [0.15, 0.2) is 0 Å². The molecule has 1 amide bonds. The van der Waals surface area contributed by atoms with E-state index in [2.05, 4.69) is 5.10 Å². The lowest BCUT2D eigenvalue weighted by Crippen LogP contribution is -2.44. The Labute approximate surface area is 169 Å². The Balaban J connectivity index is 1.49. The summed E-state index contributed by atoms with van der Waals surface area (Å²) < 4.78 is 7.03. The lowest BCUT2D eigenvalue weighted by molar-refractivity contribution is -0.139. The molecular formula is C21H27N3O3S. The molecule has 6 nitrogen and oxygen atoms in total. The Kier molecular flexibility index (Phi) is 5.92. The van der Waals surface area contributed by atoms with E-state index in [4.69, 9.17) is 4.74 Å². The summed E-state index contributed by atoms with van der Waals surface area (Å²) in [4.78, 5) is 28.6. The highest BCUT2D eigenvalue weighted by molar-refractivity contribution is 7.13. The van der Waals surface area contributed by atoms with E-state index in [1.807, 2.05) is 22.4 Å². The van der Waals surface area contributed by atoms with Crippen LogP contribution in [-0.4, -0.2) is 46.4 Å². The number of rotatable bonds is 5. The van der Waals surface area contributed by atoms with Crippen LogP contribution in [0.4, 0.5) is 0 Å². The van der Waals surface area contributed by atoms with Crippen LogP contribution in [0.5, 0.6) is 0 Å². The van der Waals surface area contributed by atoms with E-state index in [0.29, 0.717) is 6.54 Å². The van der Waals surface area contributed by atoms with Crippen molar-refractivity contribution in [1.29, 1.82) is 0 Å². The van der Waals surface area contributed by atoms with Gasteiger partial charge in [-0.15, -0.1) is 11.3 Å². The van der Waals surface area contributed by atoms with Gasteiger partial charge in [-0.25, -0.2) is 4.68 Å². The first-order valence-corrected chi connectivity index (χ1v) is 11.0. The van der Waals surface area contributed by atoms with Crippen LogP contribution < -0.4 is 5.56 Å². The van der Waals surface area contributed by atoms with Gasteiger partial charge in [-0.2, -0.15) is 5.10 Å². The standard InChI is InChI=1S/C21H27N3O3S/c1-27-17-7-2-5-15(13-17)21(26)23-11-3-6-16(23)14-24-20(25)10-9-18(22-24)19-8-4-12-28-19/h4,8-10,12,15-17H,2-3,5-7,11,13-14H2,1H3/t15-,16-,17-/m0/s1. The van der Waals surface area contributed by atoms with Crippen LogP contribution in [0.15, 0.2) is 34.4 Å². The van der Waals surface area contributed by atoms with Crippen LogP contribution in [0.3, 0.4) is 0 Å². The van der Waals surface area contributed by atoms with Gasteiger partial charge in [-0.3, -0.25) is 9.59 Å². The molecule has 0 bridgehead atoms. The number of hydrogen-bond donors (Lipinski definition) is 0. The van der Waals surface area contributed by atoms with Crippen LogP contribution in [0.2, 0.25) is 0 Å². The molecule has 0 spiro atoms. The fourth-order valence-electron chi connectivity index (χ4n) is 4.47. The Morgan fingerprint density at radius 3 is 2.93 bits per heavy atom. The van der Waals surface area contributed by atoms with E-state index in [1.54, 1.807) is 30.6 Å². The van der Waals surface area contributed by atoms with Crippen LogP contribution >= 0.6 is 11.3 Å². The average Bonchev–Trinajstić information content (AvgIpc) is 3.41. The summed E-state index contributed by atoms with van der Waals surface area (Å²) in [7, 11) is 1.73. The zero-order valence-corrected chi connectivity index (χ0v) is 17.1. The number of thiophene rings is 1. The van der Waals surface area contributed by atoms with E-state index < -0.39 is 0 Å². The smallest absolute Gasteiger partial charge is 0.266 e. The average molecular weight is 402 g/mol. The fourth-order valence-corrected chi connectivity index (χ4v) is 5.16. The molecule has 4 rings (SSSR count). The molecular weight excluding hydrogens is 374 g/mol. The van der Waals surface area contributed by atoms with Gasteiger partial charge in [0, 0.05) is 25.6 Å². The van der Waals surface area contributed by atoms with Crippen LogP contribution in [0, 0.1) is 5.92 Å². The molecule has 150 valence electrons. The SMILES string of the molecule is CO[C@H]1CCC[C@H](C(=O)N2CCC[C@H]2Cn2nc(-c3cccs3)ccc2=O)C1. The van der Waals surface area contributed by atoms with Crippen LogP contribution in [0.25, 0.3) is 10.6 Å². The Morgan fingerprint density at radius 1 is 1.25 bits per heavy atom. The maximum Gasteiger partial charge on any atom is 0.266 e.